The highest BCUT2D eigenvalue weighted by Gasteiger charge is 2.24. The molecule has 0 fully saturated rings. The largest absolute Gasteiger partial charge is 0.496 e. The van der Waals surface area contributed by atoms with Gasteiger partial charge in [0.1, 0.15) is 12.4 Å². The SMILES string of the molecule is COc1cc(Nc2ncc3c(n2)N(c2ccccc2Cl)CCO3)ccc1-c1ccnc(C)c1. The van der Waals surface area contributed by atoms with Gasteiger partial charge in [-0.25, -0.2) is 4.98 Å². The minimum Gasteiger partial charge on any atom is -0.496 e. The number of aryl methyl sites for hydroxylation is 1. The smallest absolute Gasteiger partial charge is 0.229 e. The fourth-order valence-corrected chi connectivity index (χ4v) is 4.06. The van der Waals surface area contributed by atoms with Gasteiger partial charge in [-0.05, 0) is 48.9 Å². The third-order valence-electron chi connectivity index (χ3n) is 5.37. The first-order chi connectivity index (χ1) is 16.1. The lowest BCUT2D eigenvalue weighted by atomic mass is 10.0. The van der Waals surface area contributed by atoms with Gasteiger partial charge in [0.2, 0.25) is 5.95 Å². The van der Waals surface area contributed by atoms with E-state index in [2.05, 4.69) is 15.3 Å². The number of aromatic nitrogens is 3. The molecule has 0 atom stereocenters. The van der Waals surface area contributed by atoms with Gasteiger partial charge in [-0.2, -0.15) is 4.98 Å². The summed E-state index contributed by atoms with van der Waals surface area (Å²) in [6, 6.07) is 17.6. The molecule has 33 heavy (non-hydrogen) atoms. The summed E-state index contributed by atoms with van der Waals surface area (Å²) < 4.78 is 11.4. The molecule has 0 aliphatic carbocycles. The fourth-order valence-electron chi connectivity index (χ4n) is 3.82. The van der Waals surface area contributed by atoms with E-state index < -0.39 is 0 Å². The molecule has 0 bridgehead atoms. The van der Waals surface area contributed by atoms with Crippen LogP contribution in [0, 0.1) is 6.92 Å². The average molecular weight is 460 g/mol. The maximum Gasteiger partial charge on any atom is 0.229 e. The zero-order valence-electron chi connectivity index (χ0n) is 18.2. The minimum absolute atomic E-state index is 0.450. The summed E-state index contributed by atoms with van der Waals surface area (Å²) in [7, 11) is 1.66. The van der Waals surface area contributed by atoms with Crippen LogP contribution in [0.4, 0.5) is 23.1 Å². The van der Waals surface area contributed by atoms with Gasteiger partial charge in [0, 0.05) is 29.2 Å². The molecule has 0 radical (unpaired) electrons. The number of hydrogen-bond acceptors (Lipinski definition) is 7. The second-order valence-electron chi connectivity index (χ2n) is 7.56. The Labute approximate surface area is 197 Å². The second kappa shape index (κ2) is 8.96. The first-order valence-corrected chi connectivity index (χ1v) is 10.9. The van der Waals surface area contributed by atoms with Crippen molar-refractivity contribution >= 4 is 34.7 Å². The Kier molecular flexibility index (Phi) is 5.71. The molecule has 7 nitrogen and oxygen atoms in total. The lowest BCUT2D eigenvalue weighted by molar-refractivity contribution is 0.310. The number of para-hydroxylation sites is 1. The zero-order chi connectivity index (χ0) is 22.8. The van der Waals surface area contributed by atoms with E-state index in [1.54, 1.807) is 19.5 Å². The summed E-state index contributed by atoms with van der Waals surface area (Å²) in [6.07, 6.45) is 3.48. The van der Waals surface area contributed by atoms with Crippen LogP contribution in [0.2, 0.25) is 5.02 Å². The van der Waals surface area contributed by atoms with Gasteiger partial charge < -0.3 is 19.7 Å². The van der Waals surface area contributed by atoms with E-state index in [1.807, 2.05) is 66.4 Å². The van der Waals surface area contributed by atoms with E-state index in [-0.39, 0.29) is 0 Å². The third-order valence-corrected chi connectivity index (χ3v) is 5.69. The van der Waals surface area contributed by atoms with Gasteiger partial charge in [0.15, 0.2) is 11.6 Å². The second-order valence-corrected chi connectivity index (χ2v) is 7.97. The highest BCUT2D eigenvalue weighted by Crippen LogP contribution is 2.39. The van der Waals surface area contributed by atoms with Crippen molar-refractivity contribution in [2.45, 2.75) is 6.92 Å². The number of methoxy groups -OCH3 is 1. The minimum atomic E-state index is 0.450. The molecule has 166 valence electrons. The highest BCUT2D eigenvalue weighted by molar-refractivity contribution is 6.33. The van der Waals surface area contributed by atoms with Crippen LogP contribution in [0.15, 0.2) is 67.0 Å². The van der Waals surface area contributed by atoms with Crippen molar-refractivity contribution in [3.05, 3.63) is 77.7 Å². The Morgan fingerprint density at radius 2 is 1.97 bits per heavy atom. The molecule has 0 amide bonds. The van der Waals surface area contributed by atoms with E-state index in [9.17, 15) is 0 Å². The summed E-state index contributed by atoms with van der Waals surface area (Å²) in [5.41, 5.74) is 4.67. The van der Waals surface area contributed by atoms with Gasteiger partial charge in [-0.15, -0.1) is 0 Å². The lowest BCUT2D eigenvalue weighted by Crippen LogP contribution is -2.30. The topological polar surface area (TPSA) is 72.4 Å². The van der Waals surface area contributed by atoms with Crippen molar-refractivity contribution < 1.29 is 9.47 Å². The van der Waals surface area contributed by atoms with E-state index in [0.717, 1.165) is 33.9 Å². The Morgan fingerprint density at radius 3 is 2.79 bits per heavy atom. The quantitative estimate of drug-likeness (QED) is 0.405. The molecular formula is C25H22ClN5O2. The average Bonchev–Trinajstić information content (AvgIpc) is 2.84. The van der Waals surface area contributed by atoms with Gasteiger partial charge in [-0.3, -0.25) is 4.98 Å². The molecule has 5 rings (SSSR count). The number of rotatable bonds is 5. The van der Waals surface area contributed by atoms with Crippen molar-refractivity contribution in [2.24, 2.45) is 0 Å². The van der Waals surface area contributed by atoms with Crippen molar-refractivity contribution in [2.75, 3.05) is 30.5 Å². The Bertz CT molecular complexity index is 1310. The molecule has 4 aromatic rings. The van der Waals surface area contributed by atoms with Gasteiger partial charge in [-0.1, -0.05) is 23.7 Å². The molecule has 0 spiro atoms. The zero-order valence-corrected chi connectivity index (χ0v) is 19.0. The molecule has 8 heteroatoms. The predicted molar refractivity (Wildman–Crippen MR) is 130 cm³/mol. The van der Waals surface area contributed by atoms with Crippen molar-refractivity contribution in [3.8, 4) is 22.6 Å². The van der Waals surface area contributed by atoms with Crippen LogP contribution < -0.4 is 19.7 Å². The van der Waals surface area contributed by atoms with Crippen LogP contribution in [-0.2, 0) is 0 Å². The van der Waals surface area contributed by atoms with Crippen LogP contribution in [0.1, 0.15) is 5.69 Å². The predicted octanol–water partition coefficient (Wildman–Crippen LogP) is 5.78. The maximum absolute atomic E-state index is 6.44. The van der Waals surface area contributed by atoms with Crippen LogP contribution in [0.3, 0.4) is 0 Å². The highest BCUT2D eigenvalue weighted by atomic mass is 35.5. The molecule has 0 unspecified atom stereocenters. The summed E-state index contributed by atoms with van der Waals surface area (Å²) in [6.45, 7) is 3.14. The number of halogens is 1. The molecule has 1 aliphatic rings. The van der Waals surface area contributed by atoms with E-state index in [4.69, 9.17) is 26.1 Å². The summed E-state index contributed by atoms with van der Waals surface area (Å²) in [5.74, 6) is 2.48. The van der Waals surface area contributed by atoms with Crippen molar-refractivity contribution in [1.82, 2.24) is 15.0 Å². The van der Waals surface area contributed by atoms with Gasteiger partial charge in [0.05, 0.1) is 30.6 Å². The van der Waals surface area contributed by atoms with Gasteiger partial charge >= 0.3 is 0 Å². The number of nitrogens with one attached hydrogen (secondary N) is 1. The normalized spacial score (nSPS) is 12.6. The maximum atomic E-state index is 6.44. The van der Waals surface area contributed by atoms with Crippen LogP contribution in [-0.4, -0.2) is 35.2 Å². The third kappa shape index (κ3) is 4.27. The first kappa shape index (κ1) is 21.0. The van der Waals surface area contributed by atoms with Crippen LogP contribution in [0.5, 0.6) is 11.5 Å². The Hall–Kier alpha value is -3.84. The van der Waals surface area contributed by atoms with Crippen LogP contribution >= 0.6 is 11.6 Å². The molecule has 1 aliphatic heterocycles. The number of ether oxygens (including phenoxy) is 2. The fraction of sp³-hybridized carbons (Fsp3) is 0.160. The molecule has 3 heterocycles. The number of anilines is 4. The number of fused-ring (bicyclic) bond motifs is 1. The van der Waals surface area contributed by atoms with Crippen molar-refractivity contribution in [3.63, 3.8) is 0 Å². The van der Waals surface area contributed by atoms with Crippen LogP contribution in [0.25, 0.3) is 11.1 Å². The standard InChI is InChI=1S/C25H22ClN5O2/c1-16-13-17(9-10-27-16)19-8-7-18(14-22(19)32-2)29-25-28-15-23-24(30-25)31(11-12-33-23)21-6-4-3-5-20(21)26/h3-10,13-15H,11-12H2,1-2H3,(H,28,29,30). The van der Waals surface area contributed by atoms with Gasteiger partial charge in [0.25, 0.3) is 0 Å². The van der Waals surface area contributed by atoms with E-state index >= 15 is 0 Å². The number of nitrogens with zero attached hydrogens (tertiary/aromatic N) is 4. The molecular weight excluding hydrogens is 438 g/mol. The number of hydrogen-bond donors (Lipinski definition) is 1. The van der Waals surface area contributed by atoms with E-state index in [1.165, 1.54) is 0 Å². The lowest BCUT2D eigenvalue weighted by Gasteiger charge is -2.30. The molecule has 0 saturated carbocycles. The van der Waals surface area contributed by atoms with E-state index in [0.29, 0.717) is 35.7 Å². The number of pyridine rings is 1. The summed E-state index contributed by atoms with van der Waals surface area (Å²) in [4.78, 5) is 15.5. The summed E-state index contributed by atoms with van der Waals surface area (Å²) in [5, 5.41) is 3.93. The molecule has 0 saturated heterocycles. The molecule has 2 aromatic heterocycles. The number of benzene rings is 2. The monoisotopic (exact) mass is 459 g/mol. The Balaban J connectivity index is 1.46. The Morgan fingerprint density at radius 1 is 1.09 bits per heavy atom. The first-order valence-electron chi connectivity index (χ1n) is 10.5. The molecule has 2 aromatic carbocycles. The van der Waals surface area contributed by atoms with Crippen molar-refractivity contribution in [1.29, 1.82) is 0 Å². The summed E-state index contributed by atoms with van der Waals surface area (Å²) >= 11 is 6.44. The molecule has 1 N–H and O–H groups in total.